The van der Waals surface area contributed by atoms with Crippen LogP contribution in [0.3, 0.4) is 0 Å². The molecule has 0 amide bonds. The summed E-state index contributed by atoms with van der Waals surface area (Å²) in [4.78, 5) is 12.8. The van der Waals surface area contributed by atoms with E-state index >= 15 is 0 Å². The molecule has 21 heavy (non-hydrogen) atoms. The van der Waals surface area contributed by atoms with Crippen LogP contribution in [0, 0.1) is 6.92 Å². The molecular formula is C15H18ClN3O2. The molecule has 0 aliphatic heterocycles. The van der Waals surface area contributed by atoms with Gasteiger partial charge in [0.1, 0.15) is 11.2 Å². The second kappa shape index (κ2) is 6.28. The molecule has 0 saturated heterocycles. The summed E-state index contributed by atoms with van der Waals surface area (Å²) in [5, 5.41) is 14.0. The second-order valence-electron chi connectivity index (χ2n) is 5.03. The SMILES string of the molecule is Cc1nn(-c2ccccc2)c(Cl)c1CN(C)[C@H](C)C(=O)O. The summed E-state index contributed by atoms with van der Waals surface area (Å²) in [6, 6.07) is 9.02. The summed E-state index contributed by atoms with van der Waals surface area (Å²) < 4.78 is 1.67. The number of aryl methyl sites for hydroxylation is 1. The molecule has 1 aromatic heterocycles. The summed E-state index contributed by atoms with van der Waals surface area (Å²) in [5.74, 6) is -0.860. The fourth-order valence-electron chi connectivity index (χ4n) is 2.03. The van der Waals surface area contributed by atoms with Crippen molar-refractivity contribution < 1.29 is 9.90 Å². The quantitative estimate of drug-likeness (QED) is 0.923. The lowest BCUT2D eigenvalue weighted by atomic mass is 10.2. The van der Waals surface area contributed by atoms with Crippen LogP contribution >= 0.6 is 11.6 Å². The van der Waals surface area contributed by atoms with E-state index in [1.54, 1.807) is 23.6 Å². The van der Waals surface area contributed by atoms with Crippen molar-refractivity contribution in [1.82, 2.24) is 14.7 Å². The van der Waals surface area contributed by atoms with Crippen LogP contribution < -0.4 is 0 Å². The summed E-state index contributed by atoms with van der Waals surface area (Å²) in [6.45, 7) is 3.96. The zero-order valence-electron chi connectivity index (χ0n) is 12.2. The third-order valence-electron chi connectivity index (χ3n) is 3.55. The van der Waals surface area contributed by atoms with Crippen molar-refractivity contribution in [3.8, 4) is 5.69 Å². The molecule has 5 nitrogen and oxygen atoms in total. The van der Waals surface area contributed by atoms with Gasteiger partial charge in [-0.2, -0.15) is 5.10 Å². The molecule has 1 atom stereocenters. The van der Waals surface area contributed by atoms with Gasteiger partial charge in [-0.3, -0.25) is 9.69 Å². The van der Waals surface area contributed by atoms with E-state index < -0.39 is 12.0 Å². The summed E-state index contributed by atoms with van der Waals surface area (Å²) in [6.07, 6.45) is 0. The zero-order valence-corrected chi connectivity index (χ0v) is 13.0. The van der Waals surface area contributed by atoms with E-state index in [9.17, 15) is 4.79 Å². The number of aromatic nitrogens is 2. The minimum atomic E-state index is -0.860. The van der Waals surface area contributed by atoms with Crippen molar-refractivity contribution in [3.05, 3.63) is 46.7 Å². The highest BCUT2D eigenvalue weighted by Crippen LogP contribution is 2.25. The van der Waals surface area contributed by atoms with Gasteiger partial charge in [-0.15, -0.1) is 0 Å². The first-order valence-corrected chi connectivity index (χ1v) is 7.02. The maximum absolute atomic E-state index is 11.0. The highest BCUT2D eigenvalue weighted by atomic mass is 35.5. The van der Waals surface area contributed by atoms with Crippen LogP contribution in [0.1, 0.15) is 18.2 Å². The Bertz CT molecular complexity index is 640. The van der Waals surface area contributed by atoms with Crippen LogP contribution in [0.15, 0.2) is 30.3 Å². The molecule has 1 heterocycles. The summed E-state index contributed by atoms with van der Waals surface area (Å²) >= 11 is 6.42. The first-order chi connectivity index (χ1) is 9.91. The molecule has 0 aliphatic rings. The lowest BCUT2D eigenvalue weighted by Gasteiger charge is -2.20. The molecule has 1 N–H and O–H groups in total. The number of para-hydroxylation sites is 1. The maximum atomic E-state index is 11.0. The Morgan fingerprint density at radius 3 is 2.62 bits per heavy atom. The third kappa shape index (κ3) is 3.25. The maximum Gasteiger partial charge on any atom is 0.320 e. The van der Waals surface area contributed by atoms with Crippen LogP contribution in [0.5, 0.6) is 0 Å². The van der Waals surface area contributed by atoms with Crippen molar-refractivity contribution >= 4 is 17.6 Å². The number of nitrogens with zero attached hydrogens (tertiary/aromatic N) is 3. The van der Waals surface area contributed by atoms with Crippen molar-refractivity contribution in [1.29, 1.82) is 0 Å². The average molecular weight is 308 g/mol. The fraction of sp³-hybridized carbons (Fsp3) is 0.333. The van der Waals surface area contributed by atoms with E-state index in [4.69, 9.17) is 16.7 Å². The van der Waals surface area contributed by atoms with E-state index in [1.165, 1.54) is 0 Å². The number of carboxylic acid groups (broad SMARTS) is 1. The van der Waals surface area contributed by atoms with E-state index in [2.05, 4.69) is 5.10 Å². The highest BCUT2D eigenvalue weighted by Gasteiger charge is 2.21. The van der Waals surface area contributed by atoms with Gasteiger partial charge in [0, 0.05) is 12.1 Å². The molecule has 112 valence electrons. The van der Waals surface area contributed by atoms with Crippen LogP contribution in [-0.4, -0.2) is 38.8 Å². The Labute approximate surface area is 128 Å². The number of aliphatic carboxylic acids is 1. The molecule has 0 fully saturated rings. The monoisotopic (exact) mass is 307 g/mol. The average Bonchev–Trinajstić information content (AvgIpc) is 2.75. The molecule has 1 aromatic carbocycles. The van der Waals surface area contributed by atoms with Crippen molar-refractivity contribution in [2.75, 3.05) is 7.05 Å². The number of halogens is 1. The first kappa shape index (κ1) is 15.5. The topological polar surface area (TPSA) is 58.4 Å². The molecule has 2 rings (SSSR count). The molecule has 0 spiro atoms. The second-order valence-corrected chi connectivity index (χ2v) is 5.39. The standard InChI is InChI=1S/C15H18ClN3O2/c1-10-13(9-18(3)11(2)15(20)21)14(16)19(17-10)12-7-5-4-6-8-12/h4-8,11H,9H2,1-3H3,(H,20,21)/t11-/m1/s1. The Morgan fingerprint density at radius 2 is 2.05 bits per heavy atom. The van der Waals surface area contributed by atoms with Gasteiger partial charge in [-0.1, -0.05) is 29.8 Å². The minimum absolute atomic E-state index is 0.435. The van der Waals surface area contributed by atoms with Crippen molar-refractivity contribution in [2.24, 2.45) is 0 Å². The van der Waals surface area contributed by atoms with E-state index in [0.717, 1.165) is 16.9 Å². The minimum Gasteiger partial charge on any atom is -0.480 e. The van der Waals surface area contributed by atoms with E-state index in [0.29, 0.717) is 11.7 Å². The van der Waals surface area contributed by atoms with Crippen LogP contribution in [0.2, 0.25) is 5.15 Å². The Hall–Kier alpha value is -1.85. The number of carboxylic acids is 1. The van der Waals surface area contributed by atoms with Crippen molar-refractivity contribution in [3.63, 3.8) is 0 Å². The van der Waals surface area contributed by atoms with Gasteiger partial charge < -0.3 is 5.11 Å². The van der Waals surface area contributed by atoms with Gasteiger partial charge in [0.2, 0.25) is 0 Å². The molecular weight excluding hydrogens is 290 g/mol. The van der Waals surface area contributed by atoms with Gasteiger partial charge in [-0.05, 0) is 33.0 Å². The van der Waals surface area contributed by atoms with Gasteiger partial charge in [0.25, 0.3) is 0 Å². The zero-order chi connectivity index (χ0) is 15.6. The van der Waals surface area contributed by atoms with Crippen LogP contribution in [0.25, 0.3) is 5.69 Å². The number of likely N-dealkylation sites (N-methyl/N-ethyl adjacent to an activating group) is 1. The lowest BCUT2D eigenvalue weighted by Crippen LogP contribution is -2.35. The lowest BCUT2D eigenvalue weighted by molar-refractivity contribution is -0.142. The molecule has 0 saturated carbocycles. The predicted octanol–water partition coefficient (Wildman–Crippen LogP) is 2.74. The summed E-state index contributed by atoms with van der Waals surface area (Å²) in [7, 11) is 1.76. The molecule has 0 bridgehead atoms. The summed E-state index contributed by atoms with van der Waals surface area (Å²) in [5.41, 5.74) is 2.52. The Morgan fingerprint density at radius 1 is 1.43 bits per heavy atom. The number of carbonyl (C=O) groups is 1. The fourth-order valence-corrected chi connectivity index (χ4v) is 2.36. The number of rotatable bonds is 5. The van der Waals surface area contributed by atoms with Gasteiger partial charge >= 0.3 is 5.97 Å². The third-order valence-corrected chi connectivity index (χ3v) is 3.94. The number of benzene rings is 1. The van der Waals surface area contributed by atoms with E-state index in [1.807, 2.05) is 37.3 Å². The molecule has 2 aromatic rings. The smallest absolute Gasteiger partial charge is 0.320 e. The molecule has 0 radical (unpaired) electrons. The van der Waals surface area contributed by atoms with Crippen LogP contribution in [0.4, 0.5) is 0 Å². The highest BCUT2D eigenvalue weighted by molar-refractivity contribution is 6.30. The largest absolute Gasteiger partial charge is 0.480 e. The van der Waals surface area contributed by atoms with E-state index in [-0.39, 0.29) is 0 Å². The first-order valence-electron chi connectivity index (χ1n) is 6.64. The van der Waals surface area contributed by atoms with Crippen LogP contribution in [-0.2, 0) is 11.3 Å². The Balaban J connectivity index is 2.30. The number of hydrogen-bond acceptors (Lipinski definition) is 3. The van der Waals surface area contributed by atoms with Gasteiger partial charge in [0.05, 0.1) is 11.4 Å². The van der Waals surface area contributed by atoms with Gasteiger partial charge in [0.15, 0.2) is 0 Å². The molecule has 0 unspecified atom stereocenters. The normalized spacial score (nSPS) is 12.6. The number of hydrogen-bond donors (Lipinski definition) is 1. The van der Waals surface area contributed by atoms with Crippen molar-refractivity contribution in [2.45, 2.75) is 26.4 Å². The molecule has 6 heteroatoms. The van der Waals surface area contributed by atoms with Gasteiger partial charge in [-0.25, -0.2) is 4.68 Å². The molecule has 0 aliphatic carbocycles. The Kier molecular flexibility index (Phi) is 4.65. The predicted molar refractivity (Wildman–Crippen MR) is 81.9 cm³/mol.